The van der Waals surface area contributed by atoms with Crippen molar-refractivity contribution in [3.63, 3.8) is 0 Å². The summed E-state index contributed by atoms with van der Waals surface area (Å²) in [4.78, 5) is 24.9. The quantitative estimate of drug-likeness (QED) is 0.637. The van der Waals surface area contributed by atoms with E-state index in [1.807, 2.05) is 62.4 Å². The first-order chi connectivity index (χ1) is 12.5. The number of carbonyl (C=O) groups is 2. The third-order valence-corrected chi connectivity index (χ3v) is 4.26. The normalized spacial score (nSPS) is 11.6. The van der Waals surface area contributed by atoms with Crippen LogP contribution < -0.4 is 16.4 Å². The first-order valence-corrected chi connectivity index (χ1v) is 8.98. The van der Waals surface area contributed by atoms with Crippen molar-refractivity contribution in [3.8, 4) is 0 Å². The average molecular weight is 353 g/mol. The number of carbonyl (C=O) groups excluding carboxylic acids is 2. The number of hydrogen-bond acceptors (Lipinski definition) is 3. The molecule has 0 heterocycles. The summed E-state index contributed by atoms with van der Waals surface area (Å²) in [7, 11) is 0. The van der Waals surface area contributed by atoms with Crippen molar-refractivity contribution >= 4 is 17.5 Å². The number of nitrogen functional groups attached to an aromatic ring is 1. The molecule has 1 atom stereocenters. The maximum Gasteiger partial charge on any atom is 0.247 e. The van der Waals surface area contributed by atoms with E-state index < -0.39 is 6.04 Å². The van der Waals surface area contributed by atoms with Crippen LogP contribution in [0.3, 0.4) is 0 Å². The highest BCUT2D eigenvalue weighted by Crippen LogP contribution is 2.15. The van der Waals surface area contributed by atoms with Crippen LogP contribution >= 0.6 is 0 Å². The SMILES string of the molecule is CCCCC(=O)NC(C(=O)NCc1ccc(N)c(C)c1)c1ccccc1. The van der Waals surface area contributed by atoms with Crippen LogP contribution in [0.2, 0.25) is 0 Å². The molecule has 26 heavy (non-hydrogen) atoms. The van der Waals surface area contributed by atoms with Gasteiger partial charge in [0.15, 0.2) is 0 Å². The minimum absolute atomic E-state index is 0.112. The molecule has 2 amide bonds. The lowest BCUT2D eigenvalue weighted by Gasteiger charge is -2.19. The molecule has 0 radical (unpaired) electrons. The summed E-state index contributed by atoms with van der Waals surface area (Å²) >= 11 is 0. The van der Waals surface area contributed by atoms with Gasteiger partial charge in [0.25, 0.3) is 0 Å². The highest BCUT2D eigenvalue weighted by Gasteiger charge is 2.22. The number of nitrogens with one attached hydrogen (secondary N) is 2. The van der Waals surface area contributed by atoms with Crippen LogP contribution in [0.25, 0.3) is 0 Å². The number of benzene rings is 2. The van der Waals surface area contributed by atoms with Gasteiger partial charge in [0.05, 0.1) is 0 Å². The van der Waals surface area contributed by atoms with Crippen molar-refractivity contribution in [1.82, 2.24) is 10.6 Å². The molecule has 0 fully saturated rings. The van der Waals surface area contributed by atoms with E-state index in [1.165, 1.54) is 0 Å². The van der Waals surface area contributed by atoms with Gasteiger partial charge in [-0.25, -0.2) is 0 Å². The Hall–Kier alpha value is -2.82. The van der Waals surface area contributed by atoms with Crippen LogP contribution in [-0.4, -0.2) is 11.8 Å². The lowest BCUT2D eigenvalue weighted by Crippen LogP contribution is -2.40. The Labute approximate surface area is 155 Å². The van der Waals surface area contributed by atoms with Crippen LogP contribution in [0.15, 0.2) is 48.5 Å². The summed E-state index contributed by atoms with van der Waals surface area (Å²) in [6.45, 7) is 4.35. The fraction of sp³-hybridized carbons (Fsp3) is 0.333. The molecule has 4 N–H and O–H groups in total. The Morgan fingerprint density at radius 2 is 1.85 bits per heavy atom. The Morgan fingerprint density at radius 1 is 1.12 bits per heavy atom. The molecule has 2 aromatic rings. The second-order valence-electron chi connectivity index (χ2n) is 6.42. The molecular weight excluding hydrogens is 326 g/mol. The van der Waals surface area contributed by atoms with Gasteiger partial charge in [-0.05, 0) is 36.1 Å². The van der Waals surface area contributed by atoms with Gasteiger partial charge in [-0.3, -0.25) is 9.59 Å². The lowest BCUT2D eigenvalue weighted by molar-refractivity contribution is -0.129. The van der Waals surface area contributed by atoms with Crippen molar-refractivity contribution in [2.24, 2.45) is 0 Å². The number of amides is 2. The van der Waals surface area contributed by atoms with Gasteiger partial charge < -0.3 is 16.4 Å². The van der Waals surface area contributed by atoms with Gasteiger partial charge in [-0.1, -0.05) is 55.8 Å². The number of unbranched alkanes of at least 4 members (excludes halogenated alkanes) is 1. The minimum Gasteiger partial charge on any atom is -0.399 e. The number of hydrogen-bond donors (Lipinski definition) is 3. The van der Waals surface area contributed by atoms with E-state index >= 15 is 0 Å². The highest BCUT2D eigenvalue weighted by atomic mass is 16.2. The fourth-order valence-electron chi connectivity index (χ4n) is 2.66. The molecule has 0 aliphatic heterocycles. The van der Waals surface area contributed by atoms with E-state index in [0.29, 0.717) is 13.0 Å². The van der Waals surface area contributed by atoms with E-state index in [0.717, 1.165) is 35.2 Å². The number of anilines is 1. The smallest absolute Gasteiger partial charge is 0.247 e. The van der Waals surface area contributed by atoms with E-state index in [2.05, 4.69) is 10.6 Å². The molecule has 0 aliphatic rings. The second-order valence-corrected chi connectivity index (χ2v) is 6.42. The van der Waals surface area contributed by atoms with Crippen LogP contribution in [0.5, 0.6) is 0 Å². The van der Waals surface area contributed by atoms with Crippen molar-refractivity contribution in [2.45, 2.75) is 45.7 Å². The number of nitrogens with two attached hydrogens (primary N) is 1. The zero-order valence-electron chi connectivity index (χ0n) is 15.4. The molecule has 138 valence electrons. The predicted molar refractivity (Wildman–Crippen MR) is 104 cm³/mol. The lowest BCUT2D eigenvalue weighted by atomic mass is 10.1. The summed E-state index contributed by atoms with van der Waals surface area (Å²) in [6.07, 6.45) is 2.16. The van der Waals surface area contributed by atoms with Gasteiger partial charge in [-0.2, -0.15) is 0 Å². The van der Waals surface area contributed by atoms with Gasteiger partial charge in [0.2, 0.25) is 11.8 Å². The molecule has 2 rings (SSSR count). The Kier molecular flexibility index (Phi) is 7.21. The molecule has 0 spiro atoms. The van der Waals surface area contributed by atoms with E-state index in [-0.39, 0.29) is 11.8 Å². The van der Waals surface area contributed by atoms with E-state index in [4.69, 9.17) is 5.73 Å². The van der Waals surface area contributed by atoms with Crippen molar-refractivity contribution < 1.29 is 9.59 Å². The Bertz CT molecular complexity index is 744. The van der Waals surface area contributed by atoms with Crippen molar-refractivity contribution in [1.29, 1.82) is 0 Å². The topological polar surface area (TPSA) is 84.2 Å². The summed E-state index contributed by atoms with van der Waals surface area (Å²) in [5.41, 5.74) is 9.27. The number of aryl methyl sites for hydroxylation is 1. The molecule has 1 unspecified atom stereocenters. The van der Waals surface area contributed by atoms with E-state index in [1.54, 1.807) is 0 Å². The van der Waals surface area contributed by atoms with Gasteiger partial charge in [-0.15, -0.1) is 0 Å². The molecule has 0 saturated carbocycles. The molecule has 5 nitrogen and oxygen atoms in total. The first kappa shape index (κ1) is 19.5. The van der Waals surface area contributed by atoms with Gasteiger partial charge in [0.1, 0.15) is 6.04 Å². The summed E-state index contributed by atoms with van der Waals surface area (Å²) in [6, 6.07) is 14.3. The molecule has 0 saturated heterocycles. The third-order valence-electron chi connectivity index (χ3n) is 4.26. The second kappa shape index (κ2) is 9.61. The average Bonchev–Trinajstić information content (AvgIpc) is 2.65. The van der Waals surface area contributed by atoms with E-state index in [9.17, 15) is 9.59 Å². The van der Waals surface area contributed by atoms with Gasteiger partial charge in [0, 0.05) is 18.7 Å². The highest BCUT2D eigenvalue weighted by molar-refractivity contribution is 5.88. The monoisotopic (exact) mass is 353 g/mol. The Morgan fingerprint density at radius 3 is 2.50 bits per heavy atom. The number of rotatable bonds is 8. The summed E-state index contributed by atoms with van der Waals surface area (Å²) < 4.78 is 0. The van der Waals surface area contributed by atoms with Crippen LogP contribution in [0.1, 0.15) is 48.9 Å². The van der Waals surface area contributed by atoms with Crippen molar-refractivity contribution in [3.05, 3.63) is 65.2 Å². The fourth-order valence-corrected chi connectivity index (χ4v) is 2.66. The minimum atomic E-state index is -0.699. The van der Waals surface area contributed by atoms with Crippen LogP contribution in [-0.2, 0) is 16.1 Å². The van der Waals surface area contributed by atoms with Crippen molar-refractivity contribution in [2.75, 3.05) is 5.73 Å². The predicted octanol–water partition coefficient (Wildman–Crippen LogP) is 3.24. The molecular formula is C21H27N3O2. The Balaban J connectivity index is 2.07. The maximum atomic E-state index is 12.7. The maximum absolute atomic E-state index is 12.7. The third kappa shape index (κ3) is 5.62. The largest absolute Gasteiger partial charge is 0.399 e. The van der Waals surface area contributed by atoms with Gasteiger partial charge >= 0.3 is 0 Å². The molecule has 0 aliphatic carbocycles. The first-order valence-electron chi connectivity index (χ1n) is 8.98. The zero-order chi connectivity index (χ0) is 18.9. The molecule has 5 heteroatoms. The summed E-state index contributed by atoms with van der Waals surface area (Å²) in [5.74, 6) is -0.338. The standard InChI is InChI=1S/C21H27N3O2/c1-3-4-10-19(25)24-20(17-8-6-5-7-9-17)21(26)23-14-16-11-12-18(22)15(2)13-16/h5-9,11-13,20H,3-4,10,14,22H2,1-2H3,(H,23,26)(H,24,25). The molecule has 0 aromatic heterocycles. The zero-order valence-corrected chi connectivity index (χ0v) is 15.4. The van der Waals surface area contributed by atoms with Crippen LogP contribution in [0.4, 0.5) is 5.69 Å². The molecule has 2 aromatic carbocycles. The van der Waals surface area contributed by atoms with Crippen LogP contribution in [0, 0.1) is 6.92 Å². The summed E-state index contributed by atoms with van der Waals surface area (Å²) in [5, 5.41) is 5.76. The molecule has 0 bridgehead atoms.